The van der Waals surface area contributed by atoms with Crippen LogP contribution in [0.25, 0.3) is 0 Å². The molecule has 112 valence electrons. The molecular formula is C15H25N3O2. The van der Waals surface area contributed by atoms with Gasteiger partial charge in [0.25, 0.3) is 0 Å². The lowest BCUT2D eigenvalue weighted by molar-refractivity contribution is -0.122. The Balaban J connectivity index is 1.63. The maximum Gasteiger partial charge on any atom is 0.234 e. The van der Waals surface area contributed by atoms with Crippen LogP contribution in [0, 0.1) is 6.92 Å². The molecule has 0 radical (unpaired) electrons. The molecule has 0 saturated carbocycles. The quantitative estimate of drug-likeness (QED) is 0.840. The highest BCUT2D eigenvalue weighted by atomic mass is 16.3. The second-order valence-corrected chi connectivity index (χ2v) is 5.75. The smallest absolute Gasteiger partial charge is 0.234 e. The molecule has 1 N–H and O–H groups in total. The second-order valence-electron chi connectivity index (χ2n) is 5.75. The monoisotopic (exact) mass is 279 g/mol. The van der Waals surface area contributed by atoms with Gasteiger partial charge in [0, 0.05) is 32.1 Å². The summed E-state index contributed by atoms with van der Waals surface area (Å²) in [6.07, 6.45) is 1.89. The first-order valence-corrected chi connectivity index (χ1v) is 7.25. The van der Waals surface area contributed by atoms with Crippen molar-refractivity contribution in [2.45, 2.75) is 25.8 Å². The lowest BCUT2D eigenvalue weighted by atomic mass is 10.2. The van der Waals surface area contributed by atoms with Gasteiger partial charge in [-0.2, -0.15) is 0 Å². The highest BCUT2D eigenvalue weighted by molar-refractivity contribution is 5.78. The van der Waals surface area contributed by atoms with Crippen LogP contribution in [0.3, 0.4) is 0 Å². The van der Waals surface area contributed by atoms with Crippen molar-refractivity contribution in [3.05, 3.63) is 23.7 Å². The number of hydrogen-bond acceptors (Lipinski definition) is 4. The summed E-state index contributed by atoms with van der Waals surface area (Å²) in [5.41, 5.74) is 0. The maximum atomic E-state index is 11.9. The minimum absolute atomic E-state index is 0.104. The van der Waals surface area contributed by atoms with E-state index in [4.69, 9.17) is 4.42 Å². The van der Waals surface area contributed by atoms with E-state index in [-0.39, 0.29) is 5.91 Å². The summed E-state index contributed by atoms with van der Waals surface area (Å²) in [6, 6.07) is 4.49. The molecule has 5 heteroatoms. The number of likely N-dealkylation sites (N-methyl/N-ethyl adjacent to an activating group) is 1. The normalized spacial score (nSPS) is 19.7. The number of nitrogens with zero attached hydrogens (tertiary/aromatic N) is 2. The zero-order valence-corrected chi connectivity index (χ0v) is 12.7. The number of rotatable bonds is 6. The van der Waals surface area contributed by atoms with Crippen LogP contribution in [0.4, 0.5) is 0 Å². The molecule has 5 nitrogen and oxygen atoms in total. The standard InChI is InChI=1S/C15H25N3O2/c1-12-4-5-14(20-12)6-8-16-15(19)11-18-9-7-13(10-18)17(2)3/h4-5,13H,6-11H2,1-3H3,(H,16,19). The Morgan fingerprint density at radius 2 is 2.30 bits per heavy atom. The molecule has 2 rings (SSSR count). The molecule has 0 aliphatic carbocycles. The van der Waals surface area contributed by atoms with Crippen LogP contribution in [-0.4, -0.2) is 62.0 Å². The van der Waals surface area contributed by atoms with E-state index in [1.165, 1.54) is 0 Å². The number of hydrogen-bond donors (Lipinski definition) is 1. The van der Waals surface area contributed by atoms with Crippen LogP contribution in [0.15, 0.2) is 16.5 Å². The van der Waals surface area contributed by atoms with Crippen LogP contribution in [0.5, 0.6) is 0 Å². The van der Waals surface area contributed by atoms with Crippen molar-refractivity contribution in [2.75, 3.05) is 40.3 Å². The van der Waals surface area contributed by atoms with Gasteiger partial charge in [0.1, 0.15) is 11.5 Å². The molecule has 1 fully saturated rings. The molecule has 1 aromatic rings. The van der Waals surface area contributed by atoms with Crippen LogP contribution in [0.2, 0.25) is 0 Å². The third-order valence-corrected chi connectivity index (χ3v) is 3.83. The molecule has 1 aromatic heterocycles. The first-order valence-electron chi connectivity index (χ1n) is 7.25. The Morgan fingerprint density at radius 3 is 2.90 bits per heavy atom. The molecule has 0 bridgehead atoms. The number of aryl methyl sites for hydroxylation is 1. The zero-order valence-electron chi connectivity index (χ0n) is 12.7. The number of amides is 1. The summed E-state index contributed by atoms with van der Waals surface area (Å²) >= 11 is 0. The summed E-state index contributed by atoms with van der Waals surface area (Å²) in [6.45, 7) is 5.06. The Morgan fingerprint density at radius 1 is 1.50 bits per heavy atom. The van der Waals surface area contributed by atoms with E-state index in [1.54, 1.807) is 0 Å². The molecule has 1 aliphatic heterocycles. The minimum Gasteiger partial charge on any atom is -0.466 e. The van der Waals surface area contributed by atoms with Gasteiger partial charge in [-0.15, -0.1) is 0 Å². The van der Waals surface area contributed by atoms with Crippen LogP contribution < -0.4 is 5.32 Å². The summed E-state index contributed by atoms with van der Waals surface area (Å²) in [7, 11) is 4.19. The average Bonchev–Trinajstić information content (AvgIpc) is 2.99. The molecular weight excluding hydrogens is 254 g/mol. The molecule has 0 aromatic carbocycles. The van der Waals surface area contributed by atoms with Gasteiger partial charge >= 0.3 is 0 Å². The molecule has 1 amide bonds. The maximum absolute atomic E-state index is 11.9. The van der Waals surface area contributed by atoms with E-state index in [1.807, 2.05) is 19.1 Å². The van der Waals surface area contributed by atoms with Crippen LogP contribution in [0.1, 0.15) is 17.9 Å². The molecule has 1 saturated heterocycles. The molecule has 1 aliphatic rings. The van der Waals surface area contributed by atoms with Crippen LogP contribution >= 0.6 is 0 Å². The predicted molar refractivity (Wildman–Crippen MR) is 78.7 cm³/mol. The van der Waals surface area contributed by atoms with Crippen molar-refractivity contribution < 1.29 is 9.21 Å². The van der Waals surface area contributed by atoms with Gasteiger partial charge in [0.05, 0.1) is 6.54 Å². The van der Waals surface area contributed by atoms with Gasteiger partial charge in [0.15, 0.2) is 0 Å². The van der Waals surface area contributed by atoms with Gasteiger partial charge in [-0.3, -0.25) is 9.69 Å². The van der Waals surface area contributed by atoms with Crippen molar-refractivity contribution in [2.24, 2.45) is 0 Å². The SMILES string of the molecule is Cc1ccc(CCNC(=O)CN2CCC(N(C)C)C2)o1. The van der Waals surface area contributed by atoms with E-state index in [0.717, 1.165) is 37.5 Å². The largest absolute Gasteiger partial charge is 0.466 e. The zero-order chi connectivity index (χ0) is 14.5. The van der Waals surface area contributed by atoms with Crippen LogP contribution in [-0.2, 0) is 11.2 Å². The van der Waals surface area contributed by atoms with E-state index in [9.17, 15) is 4.79 Å². The van der Waals surface area contributed by atoms with Gasteiger partial charge in [-0.1, -0.05) is 0 Å². The Hall–Kier alpha value is -1.33. The predicted octanol–water partition coefficient (Wildman–Crippen LogP) is 0.883. The highest BCUT2D eigenvalue weighted by Gasteiger charge is 2.24. The number of carbonyl (C=O) groups is 1. The van der Waals surface area contributed by atoms with Crippen molar-refractivity contribution in [1.29, 1.82) is 0 Å². The Labute approximate surface area is 120 Å². The van der Waals surface area contributed by atoms with E-state index in [2.05, 4.69) is 29.2 Å². The molecule has 0 spiro atoms. The highest BCUT2D eigenvalue weighted by Crippen LogP contribution is 2.12. The lowest BCUT2D eigenvalue weighted by Gasteiger charge is -2.20. The summed E-state index contributed by atoms with van der Waals surface area (Å²) in [5, 5.41) is 2.96. The molecule has 20 heavy (non-hydrogen) atoms. The molecule has 2 heterocycles. The van der Waals surface area contributed by atoms with Crippen molar-refractivity contribution in [3.63, 3.8) is 0 Å². The van der Waals surface area contributed by atoms with Gasteiger partial charge in [-0.05, 0) is 39.6 Å². The van der Waals surface area contributed by atoms with Crippen molar-refractivity contribution >= 4 is 5.91 Å². The van der Waals surface area contributed by atoms with Gasteiger partial charge in [0.2, 0.25) is 5.91 Å². The fourth-order valence-electron chi connectivity index (χ4n) is 2.58. The summed E-state index contributed by atoms with van der Waals surface area (Å²) < 4.78 is 5.47. The lowest BCUT2D eigenvalue weighted by Crippen LogP contribution is -2.38. The Bertz CT molecular complexity index is 442. The second kappa shape index (κ2) is 6.90. The number of nitrogens with one attached hydrogen (secondary N) is 1. The third-order valence-electron chi connectivity index (χ3n) is 3.83. The van der Waals surface area contributed by atoms with Crippen molar-refractivity contribution in [1.82, 2.24) is 15.1 Å². The third kappa shape index (κ3) is 4.35. The van der Waals surface area contributed by atoms with E-state index in [0.29, 0.717) is 19.1 Å². The molecule has 1 atom stereocenters. The summed E-state index contributed by atoms with van der Waals surface area (Å²) in [4.78, 5) is 16.3. The molecule has 1 unspecified atom stereocenters. The first-order chi connectivity index (χ1) is 9.54. The fraction of sp³-hybridized carbons (Fsp3) is 0.667. The van der Waals surface area contributed by atoms with Gasteiger partial charge < -0.3 is 14.6 Å². The van der Waals surface area contributed by atoms with Gasteiger partial charge in [-0.25, -0.2) is 0 Å². The minimum atomic E-state index is 0.104. The van der Waals surface area contributed by atoms with E-state index < -0.39 is 0 Å². The number of furan rings is 1. The number of likely N-dealkylation sites (tertiary alicyclic amines) is 1. The Kier molecular flexibility index (Phi) is 5.20. The topological polar surface area (TPSA) is 48.7 Å². The fourth-order valence-corrected chi connectivity index (χ4v) is 2.58. The van der Waals surface area contributed by atoms with E-state index >= 15 is 0 Å². The van der Waals surface area contributed by atoms with Crippen molar-refractivity contribution in [3.8, 4) is 0 Å². The first kappa shape index (κ1) is 15.1. The number of carbonyl (C=O) groups excluding carboxylic acids is 1. The summed E-state index contributed by atoms with van der Waals surface area (Å²) in [5.74, 6) is 1.95. The average molecular weight is 279 g/mol.